The van der Waals surface area contributed by atoms with Gasteiger partial charge in [-0.15, -0.1) is 11.8 Å². The van der Waals surface area contributed by atoms with Gasteiger partial charge in [-0.2, -0.15) is 0 Å². The zero-order valence-electron chi connectivity index (χ0n) is 13.4. The first-order valence-electron chi connectivity index (χ1n) is 7.02. The Morgan fingerprint density at radius 1 is 1.39 bits per heavy atom. The first kappa shape index (κ1) is 17.2. The minimum absolute atomic E-state index is 0.248. The molecule has 2 unspecified atom stereocenters. The van der Waals surface area contributed by atoms with E-state index in [9.17, 15) is 14.9 Å². The van der Waals surface area contributed by atoms with Gasteiger partial charge >= 0.3 is 5.97 Å². The van der Waals surface area contributed by atoms with E-state index >= 15 is 0 Å². The third-order valence-electron chi connectivity index (χ3n) is 3.87. The van der Waals surface area contributed by atoms with Crippen LogP contribution in [0.4, 0.5) is 0 Å². The number of nitro groups is 1. The van der Waals surface area contributed by atoms with Crippen molar-refractivity contribution in [3.63, 3.8) is 0 Å². The number of allylic oxidation sites excluding steroid dienone is 1. The largest absolute Gasteiger partial charge is 0.466 e. The van der Waals surface area contributed by atoms with Gasteiger partial charge in [-0.25, -0.2) is 4.79 Å². The summed E-state index contributed by atoms with van der Waals surface area (Å²) >= 11 is 1.54. The lowest BCUT2D eigenvalue weighted by molar-refractivity contribution is -0.505. The van der Waals surface area contributed by atoms with Crippen molar-refractivity contribution >= 4 is 23.4 Å². The molecule has 6 nitrogen and oxygen atoms in total. The summed E-state index contributed by atoms with van der Waals surface area (Å²) < 4.78 is 4.84. The molecule has 7 heteroatoms. The van der Waals surface area contributed by atoms with Crippen LogP contribution in [-0.2, 0) is 9.53 Å². The number of benzene rings is 1. The van der Waals surface area contributed by atoms with E-state index < -0.39 is 17.9 Å². The molecule has 0 fully saturated rings. The van der Waals surface area contributed by atoms with Crippen molar-refractivity contribution in [3.05, 3.63) is 51.2 Å². The van der Waals surface area contributed by atoms with Crippen LogP contribution in [0.1, 0.15) is 25.3 Å². The molecule has 0 bridgehead atoms. The predicted octanol–water partition coefficient (Wildman–Crippen LogP) is 3.06. The Bertz CT molecular complexity index is 712. The van der Waals surface area contributed by atoms with Crippen molar-refractivity contribution in [2.24, 2.45) is 4.99 Å². The highest BCUT2D eigenvalue weighted by atomic mass is 32.2. The minimum Gasteiger partial charge on any atom is -0.466 e. The van der Waals surface area contributed by atoms with Gasteiger partial charge < -0.3 is 4.74 Å². The number of ether oxygens (including phenoxy) is 1. The Hall–Kier alpha value is -2.15. The molecule has 1 aromatic carbocycles. The van der Waals surface area contributed by atoms with Crippen LogP contribution in [-0.4, -0.2) is 36.0 Å². The Morgan fingerprint density at radius 3 is 2.65 bits per heavy atom. The quantitative estimate of drug-likeness (QED) is 0.366. The minimum atomic E-state index is -1.08. The van der Waals surface area contributed by atoms with Gasteiger partial charge in [-0.05, 0) is 37.8 Å². The molecular formula is C16H18N2O4S. The van der Waals surface area contributed by atoms with Crippen molar-refractivity contribution in [1.29, 1.82) is 0 Å². The number of hydrogen-bond acceptors (Lipinski definition) is 6. The average Bonchev–Trinajstić information content (AvgIpc) is 2.53. The lowest BCUT2D eigenvalue weighted by atomic mass is 9.80. The fraction of sp³-hybridized carbons (Fsp3) is 0.375. The van der Waals surface area contributed by atoms with Gasteiger partial charge in [0.15, 0.2) is 0 Å². The van der Waals surface area contributed by atoms with Crippen LogP contribution in [0.25, 0.3) is 0 Å². The van der Waals surface area contributed by atoms with Crippen molar-refractivity contribution in [3.8, 4) is 0 Å². The Balaban J connectivity index is 2.67. The molecule has 0 amide bonds. The second-order valence-corrected chi connectivity index (χ2v) is 6.11. The maximum absolute atomic E-state index is 12.2. The topological polar surface area (TPSA) is 81.8 Å². The van der Waals surface area contributed by atoms with Crippen LogP contribution in [0.5, 0.6) is 0 Å². The molecule has 0 saturated carbocycles. The molecule has 1 aliphatic heterocycles. The summed E-state index contributed by atoms with van der Waals surface area (Å²) in [6.45, 7) is 3.30. The molecule has 23 heavy (non-hydrogen) atoms. The smallest absolute Gasteiger partial charge is 0.336 e. The molecule has 0 radical (unpaired) electrons. The molecule has 2 atom stereocenters. The standard InChI is InChI=1S/C16H18N2O4S/c1-9-13(16(19)22-3)14(15(18(20)21)10(2)17-9)11-6-5-7-12(8-11)23-4/h5-8,14-15H,1-4H3. The number of nitrogens with zero attached hydrogens (tertiary/aromatic N) is 2. The summed E-state index contributed by atoms with van der Waals surface area (Å²) in [7, 11) is 1.27. The lowest BCUT2D eigenvalue weighted by Crippen LogP contribution is -2.39. The van der Waals surface area contributed by atoms with Gasteiger partial charge in [0.25, 0.3) is 6.04 Å². The fourth-order valence-corrected chi connectivity index (χ4v) is 3.33. The van der Waals surface area contributed by atoms with Crippen LogP contribution in [0.15, 0.2) is 45.4 Å². The average molecular weight is 334 g/mol. The van der Waals surface area contributed by atoms with Gasteiger partial charge in [0.05, 0.1) is 24.3 Å². The van der Waals surface area contributed by atoms with E-state index in [1.165, 1.54) is 7.11 Å². The van der Waals surface area contributed by atoms with E-state index in [2.05, 4.69) is 4.99 Å². The van der Waals surface area contributed by atoms with Gasteiger partial charge in [0.2, 0.25) is 0 Å². The number of esters is 1. The highest BCUT2D eigenvalue weighted by molar-refractivity contribution is 7.98. The van der Waals surface area contributed by atoms with Crippen molar-refractivity contribution in [1.82, 2.24) is 0 Å². The van der Waals surface area contributed by atoms with E-state index in [0.717, 1.165) is 4.90 Å². The van der Waals surface area contributed by atoms with Gasteiger partial charge in [-0.3, -0.25) is 15.1 Å². The zero-order chi connectivity index (χ0) is 17.1. The fourth-order valence-electron chi connectivity index (χ4n) is 2.86. The highest BCUT2D eigenvalue weighted by Crippen LogP contribution is 2.37. The SMILES string of the molecule is COC(=O)C1=C(C)N=C(C)C([N+](=O)[O-])C1c1cccc(SC)c1. The Kier molecular flexibility index (Phi) is 5.20. The van der Waals surface area contributed by atoms with Crippen molar-refractivity contribution in [2.45, 2.75) is 30.7 Å². The number of carbonyl (C=O) groups is 1. The third-order valence-corrected chi connectivity index (χ3v) is 4.60. The summed E-state index contributed by atoms with van der Waals surface area (Å²) in [6, 6.07) is 6.36. The molecule has 0 aliphatic carbocycles. The van der Waals surface area contributed by atoms with Gasteiger partial charge in [0, 0.05) is 15.5 Å². The van der Waals surface area contributed by atoms with Crippen molar-refractivity contribution < 1.29 is 14.5 Å². The summed E-state index contributed by atoms with van der Waals surface area (Å²) in [5, 5.41) is 11.6. The molecule has 0 N–H and O–H groups in total. The summed E-state index contributed by atoms with van der Waals surface area (Å²) in [6.07, 6.45) is 1.93. The maximum atomic E-state index is 12.2. The Labute approximate surface area is 138 Å². The molecule has 2 rings (SSSR count). The zero-order valence-corrected chi connectivity index (χ0v) is 14.2. The second kappa shape index (κ2) is 6.95. The van der Waals surface area contributed by atoms with Crippen LogP contribution < -0.4 is 0 Å². The number of carbonyl (C=O) groups excluding carboxylic acids is 1. The monoisotopic (exact) mass is 334 g/mol. The van der Waals surface area contributed by atoms with E-state index in [1.807, 2.05) is 24.5 Å². The molecule has 0 aromatic heterocycles. The molecule has 0 saturated heterocycles. The van der Waals surface area contributed by atoms with Crippen LogP contribution in [0.2, 0.25) is 0 Å². The van der Waals surface area contributed by atoms with Gasteiger partial charge in [0.1, 0.15) is 0 Å². The summed E-state index contributed by atoms with van der Waals surface area (Å²) in [4.78, 5) is 28.6. The number of methoxy groups -OCH3 is 1. The molecule has 1 aromatic rings. The molecular weight excluding hydrogens is 316 g/mol. The lowest BCUT2D eigenvalue weighted by Gasteiger charge is -2.27. The number of aliphatic imine (C=N–C) groups is 1. The molecule has 0 spiro atoms. The van der Waals surface area contributed by atoms with Crippen molar-refractivity contribution in [2.75, 3.05) is 13.4 Å². The predicted molar refractivity (Wildman–Crippen MR) is 89.6 cm³/mol. The molecule has 1 heterocycles. The van der Waals surface area contributed by atoms with Crippen LogP contribution in [0, 0.1) is 10.1 Å². The first-order valence-corrected chi connectivity index (χ1v) is 8.24. The van der Waals surface area contributed by atoms with Gasteiger partial charge in [-0.1, -0.05) is 12.1 Å². The first-order chi connectivity index (χ1) is 10.9. The van der Waals surface area contributed by atoms with Crippen LogP contribution in [0.3, 0.4) is 0 Å². The summed E-state index contributed by atoms with van der Waals surface area (Å²) in [5.41, 5.74) is 1.82. The molecule has 122 valence electrons. The van der Waals surface area contributed by atoms with E-state index in [1.54, 1.807) is 31.7 Å². The van der Waals surface area contributed by atoms with E-state index in [-0.39, 0.29) is 10.5 Å². The number of thioether (sulfide) groups is 1. The van der Waals surface area contributed by atoms with E-state index in [4.69, 9.17) is 4.74 Å². The van der Waals surface area contributed by atoms with Crippen LogP contribution >= 0.6 is 11.8 Å². The summed E-state index contributed by atoms with van der Waals surface area (Å²) in [5.74, 6) is -1.28. The maximum Gasteiger partial charge on any atom is 0.336 e. The second-order valence-electron chi connectivity index (χ2n) is 5.23. The highest BCUT2D eigenvalue weighted by Gasteiger charge is 2.44. The number of hydrogen-bond donors (Lipinski definition) is 0. The number of rotatable bonds is 4. The van der Waals surface area contributed by atoms with E-state index in [0.29, 0.717) is 17.0 Å². The third kappa shape index (κ3) is 3.29. The Morgan fingerprint density at radius 2 is 2.09 bits per heavy atom. The molecule has 1 aliphatic rings. The normalized spacial score (nSPS) is 21.0.